The second-order valence-electron chi connectivity index (χ2n) is 2.54. The third-order valence-electron chi connectivity index (χ3n) is 1.78. The summed E-state index contributed by atoms with van der Waals surface area (Å²) in [7, 11) is 5.69. The molecule has 0 amide bonds. The first-order valence-electron chi connectivity index (χ1n) is 3.58. The van der Waals surface area contributed by atoms with Crippen molar-refractivity contribution in [2.24, 2.45) is 0 Å². The van der Waals surface area contributed by atoms with Crippen molar-refractivity contribution in [2.45, 2.75) is 0 Å². The van der Waals surface area contributed by atoms with Crippen molar-refractivity contribution < 1.29 is 0 Å². The minimum absolute atomic E-state index is 0.578. The maximum absolute atomic E-state index is 5.69. The summed E-state index contributed by atoms with van der Waals surface area (Å²) in [5.74, 6) is 0. The average Bonchev–Trinajstić information content (AvgIpc) is 2.12. The summed E-state index contributed by atoms with van der Waals surface area (Å²) in [6.07, 6.45) is 1.72. The van der Waals surface area contributed by atoms with Crippen LogP contribution in [0.4, 0.5) is 0 Å². The molecule has 3 heteroatoms. The number of nitrogens with zero attached hydrogens (tertiary/aromatic N) is 1. The third-order valence-corrected chi connectivity index (χ3v) is 2.41. The van der Waals surface area contributed by atoms with Gasteiger partial charge in [-0.2, -0.15) is 0 Å². The molecule has 0 fully saturated rings. The molecule has 0 spiro atoms. The zero-order valence-corrected chi connectivity index (χ0v) is 7.88. The van der Waals surface area contributed by atoms with Gasteiger partial charge in [0, 0.05) is 10.7 Å². The van der Waals surface area contributed by atoms with Crippen LogP contribution in [0.3, 0.4) is 0 Å². The highest BCUT2D eigenvalue weighted by molar-refractivity contribution is 9.10. The number of hydrogen-bond acceptors (Lipinski definition) is 1. The zero-order valence-electron chi connectivity index (χ0n) is 6.29. The van der Waals surface area contributed by atoms with Crippen LogP contribution in [0.15, 0.2) is 34.9 Å². The second kappa shape index (κ2) is 2.90. The smallest absolute Gasteiger partial charge is 0.142 e. The van der Waals surface area contributed by atoms with Crippen LogP contribution in [0.2, 0.25) is 0 Å². The minimum Gasteiger partial charge on any atom is -0.271 e. The first-order valence-corrected chi connectivity index (χ1v) is 4.37. The highest BCUT2D eigenvalue weighted by atomic mass is 79.9. The molecule has 1 aromatic carbocycles. The summed E-state index contributed by atoms with van der Waals surface area (Å²) in [6, 6.07) is 7.90. The van der Waals surface area contributed by atoms with Crippen molar-refractivity contribution in [3.8, 4) is 0 Å². The van der Waals surface area contributed by atoms with Gasteiger partial charge in [-0.05, 0) is 32.3 Å². The number of halogens is 1. The van der Waals surface area contributed by atoms with Gasteiger partial charge in [0.05, 0.1) is 0 Å². The minimum atomic E-state index is 0.578. The van der Waals surface area contributed by atoms with Gasteiger partial charge >= 0.3 is 0 Å². The maximum atomic E-state index is 5.69. The van der Waals surface area contributed by atoms with E-state index < -0.39 is 0 Å². The molecule has 0 saturated carbocycles. The first kappa shape index (κ1) is 7.81. The lowest BCUT2D eigenvalue weighted by molar-refractivity contribution is 1.40. The highest BCUT2D eigenvalue weighted by Crippen LogP contribution is 2.19. The lowest BCUT2D eigenvalue weighted by atomic mass is 9.97. The normalized spacial score (nSPS) is 10.4. The molecular formula is C9H5BBrN. The van der Waals surface area contributed by atoms with Gasteiger partial charge in [0.2, 0.25) is 0 Å². The number of aromatic nitrogens is 1. The van der Waals surface area contributed by atoms with E-state index in [1.165, 1.54) is 0 Å². The fourth-order valence-corrected chi connectivity index (χ4v) is 1.63. The Kier molecular flexibility index (Phi) is 1.89. The van der Waals surface area contributed by atoms with Gasteiger partial charge in [0.1, 0.15) is 7.85 Å². The predicted octanol–water partition coefficient (Wildman–Crippen LogP) is 1.79. The Labute approximate surface area is 80.4 Å². The topological polar surface area (TPSA) is 12.9 Å². The lowest BCUT2D eigenvalue weighted by Crippen LogP contribution is -2.08. The molecule has 0 aliphatic heterocycles. The van der Waals surface area contributed by atoms with Crippen LogP contribution in [-0.4, -0.2) is 12.8 Å². The third kappa shape index (κ3) is 1.14. The molecule has 0 aliphatic rings. The van der Waals surface area contributed by atoms with Gasteiger partial charge in [-0.25, -0.2) is 0 Å². The largest absolute Gasteiger partial charge is 0.271 e. The summed E-state index contributed by atoms with van der Waals surface area (Å²) >= 11 is 3.41. The van der Waals surface area contributed by atoms with Crippen molar-refractivity contribution >= 4 is 40.1 Å². The SMILES string of the molecule is [B]c1ncc(Br)c2ccccc12. The number of hydrogen-bond donors (Lipinski definition) is 0. The summed E-state index contributed by atoms with van der Waals surface area (Å²) < 4.78 is 0.979. The Morgan fingerprint density at radius 1 is 1.17 bits per heavy atom. The highest BCUT2D eigenvalue weighted by Gasteiger charge is 1.99. The van der Waals surface area contributed by atoms with Crippen molar-refractivity contribution in [3.63, 3.8) is 0 Å². The van der Waals surface area contributed by atoms with Crippen molar-refractivity contribution in [1.29, 1.82) is 0 Å². The van der Waals surface area contributed by atoms with E-state index in [4.69, 9.17) is 7.85 Å². The Morgan fingerprint density at radius 3 is 2.50 bits per heavy atom. The number of pyridine rings is 1. The molecule has 1 aromatic heterocycles. The molecule has 0 unspecified atom stereocenters. The van der Waals surface area contributed by atoms with Gasteiger partial charge < -0.3 is 0 Å². The molecule has 12 heavy (non-hydrogen) atoms. The summed E-state index contributed by atoms with van der Waals surface area (Å²) in [5, 5.41) is 2.09. The van der Waals surface area contributed by atoms with Crippen LogP contribution in [-0.2, 0) is 0 Å². The lowest BCUT2D eigenvalue weighted by Gasteiger charge is -2.02. The molecule has 0 aliphatic carbocycles. The predicted molar refractivity (Wildman–Crippen MR) is 54.8 cm³/mol. The Balaban J connectivity index is 2.95. The molecule has 0 bridgehead atoms. The molecule has 56 valence electrons. The van der Waals surface area contributed by atoms with Crippen LogP contribution in [0.25, 0.3) is 10.8 Å². The van der Waals surface area contributed by atoms with E-state index in [0.29, 0.717) is 5.59 Å². The van der Waals surface area contributed by atoms with Crippen LogP contribution >= 0.6 is 15.9 Å². The maximum Gasteiger partial charge on any atom is 0.142 e. The van der Waals surface area contributed by atoms with Gasteiger partial charge in [0.15, 0.2) is 0 Å². The van der Waals surface area contributed by atoms with Gasteiger partial charge in [0.25, 0.3) is 0 Å². The van der Waals surface area contributed by atoms with Gasteiger partial charge in [-0.15, -0.1) is 0 Å². The molecule has 0 atom stereocenters. The molecular weight excluding hydrogens is 213 g/mol. The summed E-state index contributed by atoms with van der Waals surface area (Å²) in [4.78, 5) is 4.04. The second-order valence-corrected chi connectivity index (χ2v) is 3.39. The number of benzene rings is 1. The van der Waals surface area contributed by atoms with E-state index >= 15 is 0 Å². The van der Waals surface area contributed by atoms with E-state index in [0.717, 1.165) is 15.2 Å². The van der Waals surface area contributed by atoms with Crippen molar-refractivity contribution in [3.05, 3.63) is 34.9 Å². The fourth-order valence-electron chi connectivity index (χ4n) is 1.18. The van der Waals surface area contributed by atoms with E-state index in [1.807, 2.05) is 24.3 Å². The van der Waals surface area contributed by atoms with Crippen molar-refractivity contribution in [2.75, 3.05) is 0 Å². The number of rotatable bonds is 0. The Bertz CT molecular complexity index is 387. The Morgan fingerprint density at radius 2 is 1.83 bits per heavy atom. The van der Waals surface area contributed by atoms with Crippen LogP contribution in [0, 0.1) is 0 Å². The Hall–Kier alpha value is -0.825. The van der Waals surface area contributed by atoms with E-state index in [-0.39, 0.29) is 0 Å². The standard InChI is InChI=1S/C9H5BBrN/c10-9-7-4-2-1-3-6(7)8(11)5-12-9/h1-5H. The quantitative estimate of drug-likeness (QED) is 0.614. The molecule has 1 nitrogen and oxygen atoms in total. The zero-order chi connectivity index (χ0) is 8.55. The molecule has 2 rings (SSSR count). The monoisotopic (exact) mass is 217 g/mol. The van der Waals surface area contributed by atoms with Gasteiger partial charge in [-0.1, -0.05) is 24.3 Å². The fraction of sp³-hybridized carbons (Fsp3) is 0. The molecule has 2 radical (unpaired) electrons. The van der Waals surface area contributed by atoms with E-state index in [9.17, 15) is 0 Å². The van der Waals surface area contributed by atoms with E-state index in [1.54, 1.807) is 6.20 Å². The molecule has 2 aromatic rings. The van der Waals surface area contributed by atoms with Crippen molar-refractivity contribution in [1.82, 2.24) is 4.98 Å². The molecule has 0 saturated heterocycles. The average molecular weight is 218 g/mol. The molecule has 1 heterocycles. The molecule has 0 N–H and O–H groups in total. The van der Waals surface area contributed by atoms with Crippen LogP contribution in [0.1, 0.15) is 0 Å². The summed E-state index contributed by atoms with van der Waals surface area (Å²) in [5.41, 5.74) is 0.578. The number of fused-ring (bicyclic) bond motifs is 1. The van der Waals surface area contributed by atoms with Crippen LogP contribution in [0.5, 0.6) is 0 Å². The first-order chi connectivity index (χ1) is 5.79. The summed E-state index contributed by atoms with van der Waals surface area (Å²) in [6.45, 7) is 0. The van der Waals surface area contributed by atoms with Gasteiger partial charge in [-0.3, -0.25) is 4.98 Å². The van der Waals surface area contributed by atoms with E-state index in [2.05, 4.69) is 20.9 Å². The van der Waals surface area contributed by atoms with Crippen LogP contribution < -0.4 is 5.59 Å².